The Morgan fingerprint density at radius 2 is 1.89 bits per heavy atom. The largest absolute Gasteiger partial charge is 0.399 e. The summed E-state index contributed by atoms with van der Waals surface area (Å²) in [6.07, 6.45) is 1.54. The zero-order valence-electron chi connectivity index (χ0n) is 9.52. The van der Waals surface area contributed by atoms with E-state index in [9.17, 15) is 4.79 Å². The third-order valence-corrected chi connectivity index (χ3v) is 3.28. The van der Waals surface area contributed by atoms with E-state index in [4.69, 9.17) is 28.9 Å². The number of nitrogen functional groups attached to an aromatic ring is 1. The van der Waals surface area contributed by atoms with Gasteiger partial charge in [0.25, 0.3) is 0 Å². The van der Waals surface area contributed by atoms with Crippen molar-refractivity contribution in [3.05, 3.63) is 50.9 Å². The van der Waals surface area contributed by atoms with Gasteiger partial charge in [0, 0.05) is 11.8 Å². The molecule has 0 unspecified atom stereocenters. The van der Waals surface area contributed by atoms with Gasteiger partial charge < -0.3 is 10.7 Å². The fraction of sp³-hybridized carbons (Fsp3) is 0. The van der Waals surface area contributed by atoms with Crippen LogP contribution in [0.25, 0.3) is 16.7 Å². The van der Waals surface area contributed by atoms with Gasteiger partial charge in [0.05, 0.1) is 27.3 Å². The van der Waals surface area contributed by atoms with Crippen molar-refractivity contribution in [1.82, 2.24) is 14.8 Å². The molecule has 19 heavy (non-hydrogen) atoms. The number of halogens is 2. The molecule has 3 rings (SSSR count). The van der Waals surface area contributed by atoms with Gasteiger partial charge in [-0.15, -0.1) is 0 Å². The first-order valence-electron chi connectivity index (χ1n) is 5.38. The fourth-order valence-electron chi connectivity index (χ4n) is 1.91. The molecule has 1 aromatic carbocycles. The molecule has 5 nitrogen and oxygen atoms in total. The molecule has 0 radical (unpaired) electrons. The summed E-state index contributed by atoms with van der Waals surface area (Å²) in [7, 11) is 0. The van der Waals surface area contributed by atoms with Crippen LogP contribution in [0.15, 0.2) is 35.3 Å². The number of hydrogen-bond acceptors (Lipinski definition) is 3. The van der Waals surface area contributed by atoms with E-state index < -0.39 is 0 Å². The lowest BCUT2D eigenvalue weighted by molar-refractivity contribution is 0.911. The Balaban J connectivity index is 2.34. The highest BCUT2D eigenvalue weighted by Crippen LogP contribution is 2.32. The SMILES string of the molecule is Nc1cc(Cl)c(-n2ncc3[nH]c(=O)ccc32)c(Cl)c1. The van der Waals surface area contributed by atoms with Crippen LogP contribution in [0.1, 0.15) is 0 Å². The highest BCUT2D eigenvalue weighted by molar-refractivity contribution is 6.38. The number of benzene rings is 1. The van der Waals surface area contributed by atoms with Crippen molar-refractivity contribution in [1.29, 1.82) is 0 Å². The molecule has 96 valence electrons. The molecule has 7 heteroatoms. The molecule has 0 spiro atoms. The summed E-state index contributed by atoms with van der Waals surface area (Å²) >= 11 is 12.3. The monoisotopic (exact) mass is 294 g/mol. The molecule has 0 aliphatic carbocycles. The molecule has 2 aromatic heterocycles. The maximum Gasteiger partial charge on any atom is 0.248 e. The number of aromatic nitrogens is 3. The lowest BCUT2D eigenvalue weighted by atomic mass is 10.2. The average molecular weight is 295 g/mol. The molecule has 0 saturated carbocycles. The quantitative estimate of drug-likeness (QED) is 0.677. The Kier molecular flexibility index (Phi) is 2.73. The van der Waals surface area contributed by atoms with Crippen molar-refractivity contribution in [2.45, 2.75) is 0 Å². The number of pyridine rings is 1. The van der Waals surface area contributed by atoms with Crippen LogP contribution >= 0.6 is 23.2 Å². The summed E-state index contributed by atoms with van der Waals surface area (Å²) in [5.41, 5.74) is 7.79. The van der Waals surface area contributed by atoms with Crippen molar-refractivity contribution in [3.8, 4) is 5.69 Å². The van der Waals surface area contributed by atoms with Gasteiger partial charge in [0.2, 0.25) is 5.56 Å². The second kappa shape index (κ2) is 4.29. The lowest BCUT2D eigenvalue weighted by Gasteiger charge is -2.09. The van der Waals surface area contributed by atoms with Crippen LogP contribution in [0.3, 0.4) is 0 Å². The molecule has 0 saturated heterocycles. The van der Waals surface area contributed by atoms with Gasteiger partial charge in [0.1, 0.15) is 5.69 Å². The van der Waals surface area contributed by atoms with Crippen LogP contribution in [-0.2, 0) is 0 Å². The highest BCUT2D eigenvalue weighted by atomic mass is 35.5. The van der Waals surface area contributed by atoms with Crippen LogP contribution in [-0.4, -0.2) is 14.8 Å². The van der Waals surface area contributed by atoms with Crippen LogP contribution in [0.5, 0.6) is 0 Å². The lowest BCUT2D eigenvalue weighted by Crippen LogP contribution is -2.04. The molecule has 3 aromatic rings. The summed E-state index contributed by atoms with van der Waals surface area (Å²) in [5, 5.41) is 4.97. The number of aromatic amines is 1. The third-order valence-electron chi connectivity index (χ3n) is 2.71. The average Bonchev–Trinajstić information content (AvgIpc) is 2.71. The van der Waals surface area contributed by atoms with E-state index in [2.05, 4.69) is 10.1 Å². The van der Waals surface area contributed by atoms with Gasteiger partial charge in [-0.25, -0.2) is 4.68 Å². The van der Waals surface area contributed by atoms with Crippen molar-refractivity contribution in [3.63, 3.8) is 0 Å². The standard InChI is InChI=1S/C12H8Cl2N4O/c13-7-3-6(15)4-8(14)12(7)18-10-1-2-11(19)17-9(10)5-16-18/h1-5H,15H2,(H,17,19). The van der Waals surface area contributed by atoms with Crippen LogP contribution in [0, 0.1) is 0 Å². The number of hydrogen-bond donors (Lipinski definition) is 2. The van der Waals surface area contributed by atoms with E-state index in [0.29, 0.717) is 32.5 Å². The molecule has 2 heterocycles. The third kappa shape index (κ3) is 1.97. The van der Waals surface area contributed by atoms with E-state index in [1.54, 1.807) is 29.1 Å². The van der Waals surface area contributed by atoms with Crippen molar-refractivity contribution in [2.75, 3.05) is 5.73 Å². The maximum absolute atomic E-state index is 11.2. The summed E-state index contributed by atoms with van der Waals surface area (Å²) in [4.78, 5) is 13.9. The second-order valence-electron chi connectivity index (χ2n) is 4.01. The van der Waals surface area contributed by atoms with Gasteiger partial charge in [-0.05, 0) is 18.2 Å². The summed E-state index contributed by atoms with van der Waals surface area (Å²) in [5.74, 6) is 0. The van der Waals surface area contributed by atoms with Crippen molar-refractivity contribution < 1.29 is 0 Å². The number of H-pyrrole nitrogens is 1. The summed E-state index contributed by atoms with van der Waals surface area (Å²) in [6.45, 7) is 0. The number of nitrogens with one attached hydrogen (secondary N) is 1. The number of nitrogens with two attached hydrogens (primary N) is 1. The maximum atomic E-state index is 11.2. The van der Waals surface area contributed by atoms with Gasteiger partial charge >= 0.3 is 0 Å². The van der Waals surface area contributed by atoms with E-state index in [0.717, 1.165) is 0 Å². The van der Waals surface area contributed by atoms with Crippen LogP contribution < -0.4 is 11.3 Å². The molecule has 0 fully saturated rings. The fourth-order valence-corrected chi connectivity index (χ4v) is 2.57. The van der Waals surface area contributed by atoms with Crippen LogP contribution in [0.2, 0.25) is 10.0 Å². The van der Waals surface area contributed by atoms with E-state index >= 15 is 0 Å². The molecule has 3 N–H and O–H groups in total. The first-order chi connectivity index (χ1) is 9.06. The first-order valence-corrected chi connectivity index (χ1v) is 6.14. The van der Waals surface area contributed by atoms with E-state index in [1.807, 2.05) is 0 Å². The normalized spacial score (nSPS) is 11.1. The summed E-state index contributed by atoms with van der Waals surface area (Å²) < 4.78 is 1.56. The zero-order valence-corrected chi connectivity index (χ0v) is 11.0. The highest BCUT2D eigenvalue weighted by Gasteiger charge is 2.13. The smallest absolute Gasteiger partial charge is 0.248 e. The zero-order chi connectivity index (χ0) is 13.6. The predicted molar refractivity (Wildman–Crippen MR) is 76.1 cm³/mol. The van der Waals surface area contributed by atoms with Crippen molar-refractivity contribution >= 4 is 39.9 Å². The Morgan fingerprint density at radius 3 is 2.58 bits per heavy atom. The van der Waals surface area contributed by atoms with Crippen LogP contribution in [0.4, 0.5) is 5.69 Å². The number of rotatable bonds is 1. The molecule has 0 aliphatic heterocycles. The summed E-state index contributed by atoms with van der Waals surface area (Å²) in [6, 6.07) is 6.27. The first kappa shape index (κ1) is 12.1. The predicted octanol–water partition coefficient (Wildman–Crippen LogP) is 2.60. The topological polar surface area (TPSA) is 76.7 Å². The van der Waals surface area contributed by atoms with Crippen molar-refractivity contribution in [2.24, 2.45) is 0 Å². The molecular weight excluding hydrogens is 287 g/mol. The second-order valence-corrected chi connectivity index (χ2v) is 4.83. The van der Waals surface area contributed by atoms with Gasteiger partial charge in [0.15, 0.2) is 0 Å². The molecule has 0 amide bonds. The number of nitrogens with zero attached hydrogens (tertiary/aromatic N) is 2. The van der Waals surface area contributed by atoms with E-state index in [-0.39, 0.29) is 5.56 Å². The number of anilines is 1. The number of fused-ring (bicyclic) bond motifs is 1. The van der Waals surface area contributed by atoms with Gasteiger partial charge in [-0.3, -0.25) is 4.79 Å². The molecule has 0 bridgehead atoms. The molecule has 0 atom stereocenters. The molecule has 0 aliphatic rings. The Morgan fingerprint density at radius 1 is 1.21 bits per heavy atom. The minimum atomic E-state index is -0.193. The molecular formula is C12H8Cl2N4O. The van der Waals surface area contributed by atoms with Gasteiger partial charge in [-0.2, -0.15) is 5.10 Å². The Hall–Kier alpha value is -1.98. The van der Waals surface area contributed by atoms with E-state index in [1.165, 1.54) is 6.07 Å². The minimum Gasteiger partial charge on any atom is -0.399 e. The Labute approximate surface area is 117 Å². The minimum absolute atomic E-state index is 0.193. The Bertz CT molecular complexity index is 814. The van der Waals surface area contributed by atoms with Gasteiger partial charge in [-0.1, -0.05) is 23.2 Å².